The van der Waals surface area contributed by atoms with Gasteiger partial charge >= 0.3 is 11.9 Å². The molecule has 2 aliphatic heterocycles. The predicted octanol–water partition coefficient (Wildman–Crippen LogP) is 3.85. The molecule has 2 atom stereocenters. The minimum absolute atomic E-state index is 0.0794. The number of hydrogen-bond acceptors (Lipinski definition) is 7. The van der Waals surface area contributed by atoms with Crippen molar-refractivity contribution < 1.29 is 33.3 Å². The number of ether oxygens (including phenoxy) is 4. The molecule has 2 aliphatic rings. The molecule has 1 spiro atoms. The number of hydrogen-bond donors (Lipinski definition) is 0. The van der Waals surface area contributed by atoms with Crippen LogP contribution in [0.15, 0.2) is 90.0 Å². The van der Waals surface area contributed by atoms with Crippen LogP contribution in [0.25, 0.3) is 0 Å². The number of rotatable bonds is 6. The fraction of sp³-hybridized carbons (Fsp3) is 0.207. The molecule has 0 radical (unpaired) electrons. The highest BCUT2D eigenvalue weighted by Gasteiger charge is 2.64. The van der Waals surface area contributed by atoms with Crippen molar-refractivity contribution in [1.82, 2.24) is 0 Å². The topological polar surface area (TPSA) is 91.4 Å². The third-order valence-electron chi connectivity index (χ3n) is 6.70. The Bertz CT molecular complexity index is 1400. The minimum Gasteiger partial charge on any atom is -0.497 e. The molecule has 0 bridgehead atoms. The van der Waals surface area contributed by atoms with E-state index >= 15 is 0 Å². The van der Waals surface area contributed by atoms with E-state index in [-0.39, 0.29) is 17.7 Å². The molecule has 0 saturated heterocycles. The SMILES string of the molecule is COC(=O)C1=C(C(=O)OC)[C@@]2(O[C@H]1c1ccc(OC)cc1)C(=O)N(Cc1ccccc1)c1ccccc12. The second kappa shape index (κ2) is 9.55. The number of esters is 2. The molecule has 188 valence electrons. The van der Waals surface area contributed by atoms with Gasteiger partial charge in [0, 0.05) is 5.56 Å². The monoisotopic (exact) mass is 499 g/mol. The van der Waals surface area contributed by atoms with Crippen molar-refractivity contribution in [3.63, 3.8) is 0 Å². The summed E-state index contributed by atoms with van der Waals surface area (Å²) in [6.45, 7) is 0.247. The van der Waals surface area contributed by atoms with E-state index in [0.29, 0.717) is 22.6 Å². The van der Waals surface area contributed by atoms with Crippen LogP contribution < -0.4 is 9.64 Å². The maximum Gasteiger partial charge on any atom is 0.338 e. The van der Waals surface area contributed by atoms with Gasteiger partial charge in [-0.15, -0.1) is 0 Å². The highest BCUT2D eigenvalue weighted by Crippen LogP contribution is 2.57. The second-order valence-corrected chi connectivity index (χ2v) is 8.62. The average Bonchev–Trinajstić information content (AvgIpc) is 3.42. The lowest BCUT2D eigenvalue weighted by molar-refractivity contribution is -0.148. The summed E-state index contributed by atoms with van der Waals surface area (Å²) >= 11 is 0. The van der Waals surface area contributed by atoms with Gasteiger partial charge in [-0.05, 0) is 29.3 Å². The Morgan fingerprint density at radius 3 is 2.16 bits per heavy atom. The van der Waals surface area contributed by atoms with Crippen molar-refractivity contribution in [2.75, 3.05) is 26.2 Å². The van der Waals surface area contributed by atoms with Gasteiger partial charge in [0.05, 0.1) is 44.7 Å². The van der Waals surface area contributed by atoms with Crippen molar-refractivity contribution >= 4 is 23.5 Å². The van der Waals surface area contributed by atoms with Crippen LogP contribution in [0.4, 0.5) is 5.69 Å². The number of carbonyl (C=O) groups excluding carboxylic acids is 3. The molecule has 37 heavy (non-hydrogen) atoms. The van der Waals surface area contributed by atoms with Gasteiger partial charge in [-0.25, -0.2) is 9.59 Å². The van der Waals surface area contributed by atoms with Gasteiger partial charge in [0.1, 0.15) is 11.9 Å². The molecule has 0 N–H and O–H groups in total. The Morgan fingerprint density at radius 1 is 0.865 bits per heavy atom. The largest absolute Gasteiger partial charge is 0.497 e. The number of nitrogens with zero attached hydrogens (tertiary/aromatic N) is 1. The number of fused-ring (bicyclic) bond motifs is 2. The van der Waals surface area contributed by atoms with E-state index in [4.69, 9.17) is 18.9 Å². The van der Waals surface area contributed by atoms with Crippen molar-refractivity contribution in [1.29, 1.82) is 0 Å². The number of benzene rings is 3. The molecule has 0 aromatic heterocycles. The van der Waals surface area contributed by atoms with E-state index in [9.17, 15) is 14.4 Å². The summed E-state index contributed by atoms with van der Waals surface area (Å²) in [7, 11) is 3.96. The fourth-order valence-corrected chi connectivity index (χ4v) is 5.00. The predicted molar refractivity (Wildman–Crippen MR) is 134 cm³/mol. The summed E-state index contributed by atoms with van der Waals surface area (Å²) in [6.07, 6.45) is -1.07. The van der Waals surface area contributed by atoms with Crippen LogP contribution in [0.5, 0.6) is 5.75 Å². The molecule has 0 saturated carbocycles. The first-order chi connectivity index (χ1) is 18.0. The number of anilines is 1. The lowest BCUT2D eigenvalue weighted by Gasteiger charge is -2.27. The number of methoxy groups -OCH3 is 3. The molecule has 0 fully saturated rings. The van der Waals surface area contributed by atoms with Crippen LogP contribution in [-0.4, -0.2) is 39.2 Å². The fourth-order valence-electron chi connectivity index (χ4n) is 5.00. The molecule has 0 aliphatic carbocycles. The molecule has 0 unspecified atom stereocenters. The van der Waals surface area contributed by atoms with Crippen LogP contribution in [0.1, 0.15) is 22.8 Å². The number of carbonyl (C=O) groups is 3. The zero-order chi connectivity index (χ0) is 26.2. The Labute approximate surface area is 214 Å². The Morgan fingerprint density at radius 2 is 1.51 bits per heavy atom. The first-order valence-corrected chi connectivity index (χ1v) is 11.6. The van der Waals surface area contributed by atoms with Gasteiger partial charge in [0.15, 0.2) is 0 Å². The first kappa shape index (κ1) is 24.3. The lowest BCUT2D eigenvalue weighted by atomic mass is 9.85. The van der Waals surface area contributed by atoms with Gasteiger partial charge < -0.3 is 23.8 Å². The third kappa shape index (κ3) is 3.77. The van der Waals surface area contributed by atoms with E-state index in [1.54, 1.807) is 54.5 Å². The lowest BCUT2D eigenvalue weighted by Crippen LogP contribution is -2.43. The normalized spacial score (nSPS) is 20.2. The molecule has 1 amide bonds. The van der Waals surface area contributed by atoms with Gasteiger partial charge in [-0.2, -0.15) is 0 Å². The van der Waals surface area contributed by atoms with Gasteiger partial charge in [0.25, 0.3) is 5.91 Å². The zero-order valence-corrected chi connectivity index (χ0v) is 20.6. The van der Waals surface area contributed by atoms with Crippen molar-refractivity contribution in [2.24, 2.45) is 0 Å². The summed E-state index contributed by atoms with van der Waals surface area (Å²) in [5.41, 5.74) is 0.313. The van der Waals surface area contributed by atoms with Crippen LogP contribution in [0.2, 0.25) is 0 Å². The highest BCUT2D eigenvalue weighted by molar-refractivity contribution is 6.17. The van der Waals surface area contributed by atoms with Crippen molar-refractivity contribution in [3.8, 4) is 5.75 Å². The second-order valence-electron chi connectivity index (χ2n) is 8.62. The van der Waals surface area contributed by atoms with Crippen LogP contribution in [0, 0.1) is 0 Å². The maximum absolute atomic E-state index is 14.3. The molecule has 3 aromatic rings. The standard InChI is InChI=1S/C29H25NO7/c1-34-20-15-13-19(14-16-20)25-23(26(31)35-2)24(27(32)36-3)29(37-25)21-11-7-8-12-22(21)30(28(29)33)17-18-9-5-4-6-10-18/h4-16,25H,17H2,1-3H3/t25-,29+/m0/s1. The minimum atomic E-state index is -1.90. The Hall–Kier alpha value is -4.43. The zero-order valence-electron chi connectivity index (χ0n) is 20.6. The summed E-state index contributed by atoms with van der Waals surface area (Å²) in [5.74, 6) is -1.52. The van der Waals surface area contributed by atoms with Crippen LogP contribution >= 0.6 is 0 Å². The van der Waals surface area contributed by atoms with E-state index in [0.717, 1.165) is 5.56 Å². The van der Waals surface area contributed by atoms with E-state index in [1.807, 2.05) is 36.4 Å². The molecule has 5 rings (SSSR count). The highest BCUT2D eigenvalue weighted by atomic mass is 16.6. The third-order valence-corrected chi connectivity index (χ3v) is 6.70. The van der Waals surface area contributed by atoms with Gasteiger partial charge in [-0.3, -0.25) is 4.79 Å². The van der Waals surface area contributed by atoms with Gasteiger partial charge in [0.2, 0.25) is 5.60 Å². The summed E-state index contributed by atoms with van der Waals surface area (Å²) in [4.78, 5) is 42.4. The molecular weight excluding hydrogens is 474 g/mol. The van der Waals surface area contributed by atoms with E-state index < -0.39 is 29.6 Å². The van der Waals surface area contributed by atoms with Crippen molar-refractivity contribution in [3.05, 3.63) is 107 Å². The van der Waals surface area contributed by atoms with E-state index in [2.05, 4.69) is 0 Å². The molecular formula is C29H25NO7. The number of amides is 1. The van der Waals surface area contributed by atoms with Crippen molar-refractivity contribution in [2.45, 2.75) is 18.2 Å². The quantitative estimate of drug-likeness (QED) is 0.476. The Kier molecular flexibility index (Phi) is 6.27. The number of para-hydroxylation sites is 1. The van der Waals surface area contributed by atoms with Crippen LogP contribution in [-0.2, 0) is 40.7 Å². The van der Waals surface area contributed by atoms with Crippen LogP contribution in [0.3, 0.4) is 0 Å². The first-order valence-electron chi connectivity index (χ1n) is 11.6. The summed E-state index contributed by atoms with van der Waals surface area (Å²) < 4.78 is 22.0. The maximum atomic E-state index is 14.3. The molecule has 2 heterocycles. The average molecular weight is 500 g/mol. The summed E-state index contributed by atoms with van der Waals surface area (Å²) in [6, 6.07) is 23.4. The summed E-state index contributed by atoms with van der Waals surface area (Å²) in [5, 5.41) is 0. The van der Waals surface area contributed by atoms with Gasteiger partial charge in [-0.1, -0.05) is 60.7 Å². The smallest absolute Gasteiger partial charge is 0.338 e. The van der Waals surface area contributed by atoms with E-state index in [1.165, 1.54) is 14.2 Å². The molecule has 8 heteroatoms. The molecule has 8 nitrogen and oxygen atoms in total. The molecule has 3 aromatic carbocycles. The Balaban J connectivity index is 1.73.